The first-order chi connectivity index (χ1) is 26.8. The van der Waals surface area contributed by atoms with Crippen molar-refractivity contribution in [3.05, 3.63) is 158 Å². The second kappa shape index (κ2) is 8.77. The van der Waals surface area contributed by atoms with Crippen molar-refractivity contribution in [2.24, 2.45) is 0 Å². The third kappa shape index (κ3) is 2.78. The molecule has 0 atom stereocenters. The standard InChI is InChI=1S/C54H26/c1-9-27-13-5-21-35-43(27)31(17-1)47-39-25-41-42(26-40(39)48-32-18-2-10-28-14-6-22-36(44(28)32)52(48)51(35)47)50-34-20-4-12-30-16-8-24-38(46(30)34)54(50)53-37-23-7-15-29-11-3-19-33(45(29)37)49(41)53/h1-26H. The van der Waals surface area contributed by atoms with E-state index >= 15 is 0 Å². The Morgan fingerprint density at radius 3 is 0.537 bits per heavy atom. The van der Waals surface area contributed by atoms with Gasteiger partial charge in [-0.3, -0.25) is 0 Å². The van der Waals surface area contributed by atoms with Crippen LogP contribution in [0.5, 0.6) is 0 Å². The molecule has 15 aromatic carbocycles. The lowest BCUT2D eigenvalue weighted by Crippen LogP contribution is -1.84. The number of hydrogen-bond acceptors (Lipinski definition) is 0. The largest absolute Gasteiger partial charge is 0.0610 e. The van der Waals surface area contributed by atoms with Crippen molar-refractivity contribution in [3.63, 3.8) is 0 Å². The predicted octanol–water partition coefficient (Wildman–Crippen LogP) is 15.6. The van der Waals surface area contributed by atoms with Gasteiger partial charge in [-0.25, -0.2) is 0 Å². The molecule has 0 aliphatic heterocycles. The summed E-state index contributed by atoms with van der Waals surface area (Å²) in [6, 6.07) is 60.5. The van der Waals surface area contributed by atoms with Gasteiger partial charge >= 0.3 is 0 Å². The van der Waals surface area contributed by atoms with E-state index in [1.54, 1.807) is 0 Å². The van der Waals surface area contributed by atoms with Crippen LogP contribution in [0.25, 0.3) is 151 Å². The van der Waals surface area contributed by atoms with Gasteiger partial charge in [-0.2, -0.15) is 0 Å². The van der Waals surface area contributed by atoms with E-state index in [2.05, 4.69) is 158 Å². The molecular formula is C54H26. The minimum Gasteiger partial charge on any atom is -0.0610 e. The number of fused-ring (bicyclic) bond motifs is 20. The van der Waals surface area contributed by atoms with Crippen LogP contribution in [0.2, 0.25) is 0 Å². The zero-order valence-corrected chi connectivity index (χ0v) is 29.0. The van der Waals surface area contributed by atoms with Gasteiger partial charge in [0.05, 0.1) is 0 Å². The van der Waals surface area contributed by atoms with Crippen LogP contribution >= 0.6 is 0 Å². The van der Waals surface area contributed by atoms with Gasteiger partial charge < -0.3 is 0 Å². The highest BCUT2D eigenvalue weighted by Crippen LogP contribution is 2.56. The minimum atomic E-state index is 1.31. The Morgan fingerprint density at radius 1 is 0.148 bits per heavy atom. The average molecular weight is 675 g/mol. The van der Waals surface area contributed by atoms with E-state index in [9.17, 15) is 0 Å². The molecule has 0 aliphatic carbocycles. The highest BCUT2D eigenvalue weighted by molar-refractivity contribution is 6.54. The molecule has 242 valence electrons. The highest BCUT2D eigenvalue weighted by Gasteiger charge is 2.27. The quantitative estimate of drug-likeness (QED) is 0.140. The van der Waals surface area contributed by atoms with Crippen LogP contribution in [-0.2, 0) is 0 Å². The fourth-order valence-electron chi connectivity index (χ4n) is 11.7. The highest BCUT2D eigenvalue weighted by atomic mass is 14.3. The van der Waals surface area contributed by atoms with E-state index < -0.39 is 0 Å². The van der Waals surface area contributed by atoms with Crippen molar-refractivity contribution in [2.45, 2.75) is 0 Å². The van der Waals surface area contributed by atoms with Crippen LogP contribution in [0.3, 0.4) is 0 Å². The molecule has 0 radical (unpaired) electrons. The van der Waals surface area contributed by atoms with E-state index in [1.165, 1.54) is 151 Å². The van der Waals surface area contributed by atoms with Crippen LogP contribution < -0.4 is 0 Å². The summed E-state index contributed by atoms with van der Waals surface area (Å²) in [5.41, 5.74) is 0. The minimum absolute atomic E-state index is 1.31. The first-order valence-corrected chi connectivity index (χ1v) is 19.1. The molecule has 0 saturated heterocycles. The zero-order valence-electron chi connectivity index (χ0n) is 29.0. The van der Waals surface area contributed by atoms with Crippen molar-refractivity contribution in [2.75, 3.05) is 0 Å². The van der Waals surface area contributed by atoms with Crippen molar-refractivity contribution in [1.82, 2.24) is 0 Å². The molecule has 0 spiro atoms. The molecule has 15 aromatic rings. The van der Waals surface area contributed by atoms with E-state index in [-0.39, 0.29) is 0 Å². The van der Waals surface area contributed by atoms with Crippen molar-refractivity contribution in [3.8, 4) is 0 Å². The Bertz CT molecular complexity index is 3600. The first-order valence-electron chi connectivity index (χ1n) is 19.1. The van der Waals surface area contributed by atoms with Crippen molar-refractivity contribution >= 4 is 151 Å². The van der Waals surface area contributed by atoms with Gasteiger partial charge in [0.15, 0.2) is 0 Å². The Hall–Kier alpha value is -7.02. The van der Waals surface area contributed by atoms with Gasteiger partial charge in [0.2, 0.25) is 0 Å². The molecule has 0 fully saturated rings. The smallest absolute Gasteiger partial charge is 0.000718 e. The summed E-state index contributed by atoms with van der Waals surface area (Å²) in [6.07, 6.45) is 0. The fraction of sp³-hybridized carbons (Fsp3) is 0. The summed E-state index contributed by atoms with van der Waals surface area (Å²) >= 11 is 0. The number of benzene rings is 11. The second-order valence-electron chi connectivity index (χ2n) is 15.8. The van der Waals surface area contributed by atoms with Crippen LogP contribution in [-0.4, -0.2) is 0 Å². The fourth-order valence-corrected chi connectivity index (χ4v) is 11.7. The van der Waals surface area contributed by atoms with Gasteiger partial charge in [0, 0.05) is 0 Å². The molecule has 0 nitrogen and oxygen atoms in total. The van der Waals surface area contributed by atoms with Gasteiger partial charge in [-0.1, -0.05) is 146 Å². The summed E-state index contributed by atoms with van der Waals surface area (Å²) < 4.78 is 0. The van der Waals surface area contributed by atoms with E-state index in [0.29, 0.717) is 0 Å². The monoisotopic (exact) mass is 674 g/mol. The van der Waals surface area contributed by atoms with Crippen LogP contribution in [0, 0.1) is 0 Å². The molecule has 0 unspecified atom stereocenters. The maximum atomic E-state index is 2.62. The molecule has 0 bridgehead atoms. The molecule has 0 N–H and O–H groups in total. The predicted molar refractivity (Wildman–Crippen MR) is 236 cm³/mol. The Morgan fingerprint density at radius 2 is 0.333 bits per heavy atom. The third-order valence-corrected chi connectivity index (χ3v) is 13.5. The van der Waals surface area contributed by atoms with Crippen LogP contribution in [0.15, 0.2) is 158 Å². The molecule has 54 heavy (non-hydrogen) atoms. The van der Waals surface area contributed by atoms with E-state index in [0.717, 1.165) is 0 Å². The Labute approximate surface area is 307 Å². The van der Waals surface area contributed by atoms with Crippen molar-refractivity contribution in [1.29, 1.82) is 0 Å². The normalized spacial score (nSPS) is 13.2. The number of rotatable bonds is 0. The summed E-state index contributed by atoms with van der Waals surface area (Å²) in [7, 11) is 0. The summed E-state index contributed by atoms with van der Waals surface area (Å²) in [5.74, 6) is 0. The van der Waals surface area contributed by atoms with Gasteiger partial charge in [-0.15, -0.1) is 0 Å². The summed E-state index contributed by atoms with van der Waals surface area (Å²) in [6.45, 7) is 0. The molecule has 0 heteroatoms. The molecule has 15 rings (SSSR count). The van der Waals surface area contributed by atoms with Gasteiger partial charge in [-0.05, 0) is 163 Å². The maximum Gasteiger partial charge on any atom is -0.000718 e. The van der Waals surface area contributed by atoms with Crippen LogP contribution in [0.1, 0.15) is 0 Å². The zero-order chi connectivity index (χ0) is 34.6. The van der Waals surface area contributed by atoms with Crippen molar-refractivity contribution < 1.29 is 0 Å². The lowest BCUT2D eigenvalue weighted by atomic mass is 9.90. The third-order valence-electron chi connectivity index (χ3n) is 13.5. The Balaban J connectivity index is 1.35. The van der Waals surface area contributed by atoms with Gasteiger partial charge in [0.25, 0.3) is 0 Å². The average Bonchev–Trinajstić information content (AvgIpc) is 3.95. The SMILES string of the molecule is c1cc2cccc3c2c(c1)c1c2cc4c(cc2c2c5cccc6cccc(c65)c2c31)c1c2cccc3cccc(c32)c1c1c2cccc3cccc(c32)c41. The maximum absolute atomic E-state index is 2.62. The lowest BCUT2D eigenvalue weighted by Gasteiger charge is -2.12. The van der Waals surface area contributed by atoms with Gasteiger partial charge in [0.1, 0.15) is 0 Å². The van der Waals surface area contributed by atoms with E-state index in [1.807, 2.05) is 0 Å². The van der Waals surface area contributed by atoms with E-state index in [4.69, 9.17) is 0 Å². The second-order valence-corrected chi connectivity index (χ2v) is 15.8. The molecule has 0 amide bonds. The van der Waals surface area contributed by atoms with Crippen LogP contribution in [0.4, 0.5) is 0 Å². The molecule has 0 aliphatic rings. The Kier molecular flexibility index (Phi) is 4.34. The molecule has 0 saturated carbocycles. The molecular weight excluding hydrogens is 649 g/mol. The summed E-state index contributed by atoms with van der Waals surface area (Å²) in [5, 5.41) is 38.2. The summed E-state index contributed by atoms with van der Waals surface area (Å²) in [4.78, 5) is 0. The molecule has 0 aromatic heterocycles. The first kappa shape index (κ1) is 26.7. The number of hydrogen-bond donors (Lipinski definition) is 0. The topological polar surface area (TPSA) is 0 Å². The molecule has 0 heterocycles. The lowest BCUT2D eigenvalue weighted by molar-refractivity contribution is 1.85.